The molecular formula is C13H16ClN3O. The number of nitrogens with zero attached hydrogens (tertiary/aromatic N) is 1. The Balaban J connectivity index is 1.98. The first-order chi connectivity index (χ1) is 8.72. The molecule has 0 saturated heterocycles. The standard InChI is InChI=1S/C13H16ClN3O/c14-11-9-17(8-4-3-7-13(18)16-15)12-6-2-1-5-10(11)12/h1-2,5-6,9H,3-4,7-8,15H2,(H,16,18). The van der Waals surface area contributed by atoms with Gasteiger partial charge in [-0.05, 0) is 18.9 Å². The van der Waals surface area contributed by atoms with E-state index in [4.69, 9.17) is 17.4 Å². The number of aromatic nitrogens is 1. The number of carbonyl (C=O) groups excluding carboxylic acids is 1. The lowest BCUT2D eigenvalue weighted by Crippen LogP contribution is -2.29. The lowest BCUT2D eigenvalue weighted by Gasteiger charge is -2.04. The van der Waals surface area contributed by atoms with Gasteiger partial charge < -0.3 is 4.57 Å². The third-order valence-corrected chi connectivity index (χ3v) is 3.25. The average Bonchev–Trinajstić information content (AvgIpc) is 2.72. The van der Waals surface area contributed by atoms with E-state index in [-0.39, 0.29) is 5.91 Å². The number of aryl methyl sites for hydroxylation is 1. The van der Waals surface area contributed by atoms with Gasteiger partial charge in [0.15, 0.2) is 0 Å². The predicted molar refractivity (Wildman–Crippen MR) is 73.1 cm³/mol. The number of carbonyl (C=O) groups is 1. The first-order valence-electron chi connectivity index (χ1n) is 5.95. The van der Waals surface area contributed by atoms with Gasteiger partial charge in [-0.25, -0.2) is 5.84 Å². The number of hydrazine groups is 1. The van der Waals surface area contributed by atoms with E-state index in [0.29, 0.717) is 6.42 Å². The fourth-order valence-corrected chi connectivity index (χ4v) is 2.30. The number of halogens is 1. The summed E-state index contributed by atoms with van der Waals surface area (Å²) in [5.74, 6) is 4.90. The third kappa shape index (κ3) is 2.83. The molecule has 0 fully saturated rings. The molecule has 0 aliphatic rings. The summed E-state index contributed by atoms with van der Waals surface area (Å²) in [5, 5.41) is 1.84. The number of rotatable bonds is 5. The summed E-state index contributed by atoms with van der Waals surface area (Å²) >= 11 is 6.16. The minimum Gasteiger partial charge on any atom is -0.346 e. The topological polar surface area (TPSA) is 60.0 Å². The van der Waals surface area contributed by atoms with Crippen molar-refractivity contribution in [2.75, 3.05) is 0 Å². The summed E-state index contributed by atoms with van der Waals surface area (Å²) in [7, 11) is 0. The van der Waals surface area contributed by atoms with Crippen LogP contribution >= 0.6 is 11.6 Å². The van der Waals surface area contributed by atoms with Crippen molar-refractivity contribution in [2.45, 2.75) is 25.8 Å². The zero-order valence-corrected chi connectivity index (χ0v) is 10.8. The number of para-hydroxylation sites is 1. The van der Waals surface area contributed by atoms with E-state index >= 15 is 0 Å². The van der Waals surface area contributed by atoms with E-state index < -0.39 is 0 Å². The Morgan fingerprint density at radius 2 is 2.11 bits per heavy atom. The molecule has 0 spiro atoms. The molecule has 0 aliphatic carbocycles. The van der Waals surface area contributed by atoms with E-state index in [1.807, 2.05) is 30.5 Å². The molecule has 0 saturated carbocycles. The van der Waals surface area contributed by atoms with Gasteiger partial charge in [-0.2, -0.15) is 0 Å². The van der Waals surface area contributed by atoms with Gasteiger partial charge in [0.2, 0.25) is 5.91 Å². The second-order valence-electron chi connectivity index (χ2n) is 4.21. The van der Waals surface area contributed by atoms with Crippen LogP contribution in [0.2, 0.25) is 5.02 Å². The van der Waals surface area contributed by atoms with Crippen molar-refractivity contribution in [2.24, 2.45) is 5.84 Å². The molecule has 18 heavy (non-hydrogen) atoms. The van der Waals surface area contributed by atoms with Crippen molar-refractivity contribution in [1.82, 2.24) is 9.99 Å². The van der Waals surface area contributed by atoms with E-state index in [2.05, 4.69) is 9.99 Å². The second kappa shape index (κ2) is 5.89. The Morgan fingerprint density at radius 3 is 2.89 bits per heavy atom. The molecule has 1 aromatic carbocycles. The smallest absolute Gasteiger partial charge is 0.233 e. The fraction of sp³-hybridized carbons (Fsp3) is 0.308. The van der Waals surface area contributed by atoms with Crippen molar-refractivity contribution in [3.05, 3.63) is 35.5 Å². The Morgan fingerprint density at radius 1 is 1.33 bits per heavy atom. The molecule has 4 nitrogen and oxygen atoms in total. The van der Waals surface area contributed by atoms with Gasteiger partial charge in [0, 0.05) is 30.1 Å². The fourth-order valence-electron chi connectivity index (χ4n) is 2.03. The number of nitrogens with one attached hydrogen (secondary N) is 1. The first-order valence-corrected chi connectivity index (χ1v) is 6.33. The predicted octanol–water partition coefficient (Wildman–Crippen LogP) is 2.45. The SMILES string of the molecule is NNC(=O)CCCCn1cc(Cl)c2ccccc21. The third-order valence-electron chi connectivity index (χ3n) is 2.95. The number of fused-ring (bicyclic) bond motifs is 1. The molecule has 2 aromatic rings. The van der Waals surface area contributed by atoms with Crippen LogP contribution in [-0.4, -0.2) is 10.5 Å². The van der Waals surface area contributed by atoms with Crippen LogP contribution in [0, 0.1) is 0 Å². The van der Waals surface area contributed by atoms with Crippen molar-refractivity contribution in [3.8, 4) is 0 Å². The molecule has 0 bridgehead atoms. The van der Waals surface area contributed by atoms with Gasteiger partial charge in [-0.3, -0.25) is 10.2 Å². The van der Waals surface area contributed by atoms with E-state index in [1.165, 1.54) is 0 Å². The summed E-state index contributed by atoms with van der Waals surface area (Å²) in [6.07, 6.45) is 4.13. The summed E-state index contributed by atoms with van der Waals surface area (Å²) in [4.78, 5) is 11.0. The van der Waals surface area contributed by atoms with Crippen LogP contribution in [0.4, 0.5) is 0 Å². The number of unbranched alkanes of at least 4 members (excludes halogenated alkanes) is 1. The molecule has 1 amide bonds. The quantitative estimate of drug-likeness (QED) is 0.378. The second-order valence-corrected chi connectivity index (χ2v) is 4.62. The summed E-state index contributed by atoms with van der Waals surface area (Å²) in [6.45, 7) is 0.852. The minimum atomic E-state index is -0.120. The van der Waals surface area contributed by atoms with Gasteiger partial charge in [0.25, 0.3) is 0 Å². The molecule has 1 aromatic heterocycles. The molecule has 0 atom stereocenters. The Kier molecular flexibility index (Phi) is 4.23. The average molecular weight is 266 g/mol. The highest BCUT2D eigenvalue weighted by molar-refractivity contribution is 6.35. The first kappa shape index (κ1) is 12.9. The van der Waals surface area contributed by atoms with E-state index in [9.17, 15) is 4.79 Å². The minimum absolute atomic E-state index is 0.120. The van der Waals surface area contributed by atoms with Crippen LogP contribution in [0.3, 0.4) is 0 Å². The van der Waals surface area contributed by atoms with Gasteiger partial charge in [0.1, 0.15) is 0 Å². The van der Waals surface area contributed by atoms with E-state index in [1.54, 1.807) is 0 Å². The Labute approximate surface area is 111 Å². The van der Waals surface area contributed by atoms with Gasteiger partial charge in [0.05, 0.1) is 5.02 Å². The van der Waals surface area contributed by atoms with Crippen LogP contribution in [-0.2, 0) is 11.3 Å². The largest absolute Gasteiger partial charge is 0.346 e. The van der Waals surface area contributed by atoms with Crippen molar-refractivity contribution >= 4 is 28.4 Å². The van der Waals surface area contributed by atoms with Crippen LogP contribution in [0.25, 0.3) is 10.9 Å². The molecule has 0 unspecified atom stereocenters. The monoisotopic (exact) mass is 265 g/mol. The van der Waals surface area contributed by atoms with Crippen LogP contribution in [0.5, 0.6) is 0 Å². The Hall–Kier alpha value is -1.52. The molecule has 5 heteroatoms. The molecule has 0 aliphatic heterocycles. The van der Waals surface area contributed by atoms with Crippen molar-refractivity contribution in [3.63, 3.8) is 0 Å². The van der Waals surface area contributed by atoms with Crippen molar-refractivity contribution < 1.29 is 4.79 Å². The zero-order valence-electron chi connectivity index (χ0n) is 10.0. The zero-order chi connectivity index (χ0) is 13.0. The maximum absolute atomic E-state index is 11.0. The summed E-state index contributed by atoms with van der Waals surface area (Å²) in [6, 6.07) is 8.03. The highest BCUT2D eigenvalue weighted by Crippen LogP contribution is 2.25. The van der Waals surface area contributed by atoms with Gasteiger partial charge in [-0.15, -0.1) is 0 Å². The summed E-state index contributed by atoms with van der Waals surface area (Å²) in [5.41, 5.74) is 3.26. The lowest BCUT2D eigenvalue weighted by atomic mass is 10.2. The number of nitrogens with two attached hydrogens (primary N) is 1. The number of hydrogen-bond donors (Lipinski definition) is 2. The molecule has 96 valence electrons. The number of amides is 1. The highest BCUT2D eigenvalue weighted by Gasteiger charge is 2.05. The van der Waals surface area contributed by atoms with Gasteiger partial charge in [-0.1, -0.05) is 29.8 Å². The summed E-state index contributed by atoms with van der Waals surface area (Å²) < 4.78 is 2.12. The number of hydrogen-bond acceptors (Lipinski definition) is 2. The van der Waals surface area contributed by atoms with Crippen LogP contribution in [0.15, 0.2) is 30.5 Å². The maximum Gasteiger partial charge on any atom is 0.233 e. The van der Waals surface area contributed by atoms with Crippen molar-refractivity contribution in [1.29, 1.82) is 0 Å². The number of benzene rings is 1. The normalized spacial score (nSPS) is 10.8. The molecule has 1 heterocycles. The highest BCUT2D eigenvalue weighted by atomic mass is 35.5. The van der Waals surface area contributed by atoms with Crippen LogP contribution < -0.4 is 11.3 Å². The lowest BCUT2D eigenvalue weighted by molar-refractivity contribution is -0.121. The molecule has 3 N–H and O–H groups in total. The maximum atomic E-state index is 11.0. The Bertz CT molecular complexity index is 550. The molecule has 2 rings (SSSR count). The van der Waals surface area contributed by atoms with Crippen LogP contribution in [0.1, 0.15) is 19.3 Å². The molecule has 0 radical (unpaired) electrons. The van der Waals surface area contributed by atoms with E-state index in [0.717, 1.165) is 35.3 Å². The van der Waals surface area contributed by atoms with Gasteiger partial charge >= 0.3 is 0 Å². The molecular weight excluding hydrogens is 250 g/mol.